The van der Waals surface area contributed by atoms with Crippen LogP contribution in [0.3, 0.4) is 0 Å². The van der Waals surface area contributed by atoms with E-state index in [4.69, 9.17) is 15.6 Å². The van der Waals surface area contributed by atoms with Gasteiger partial charge in [0.25, 0.3) is 0 Å². The Morgan fingerprint density at radius 1 is 1.57 bits per heavy atom. The first-order valence-corrected chi connectivity index (χ1v) is 4.08. The number of rotatable bonds is 1. The maximum Gasteiger partial charge on any atom is 0.335 e. The number of ether oxygens (including phenoxy) is 1. The van der Waals surface area contributed by atoms with E-state index in [0.717, 1.165) is 0 Å². The third kappa shape index (κ3) is 1.18. The number of hydrogen-bond donors (Lipinski definition) is 3. The van der Waals surface area contributed by atoms with Crippen molar-refractivity contribution in [3.05, 3.63) is 23.3 Å². The van der Waals surface area contributed by atoms with E-state index in [1.54, 1.807) is 0 Å². The molecule has 0 fully saturated rings. The number of aromatic hydroxyl groups is 1. The van der Waals surface area contributed by atoms with Crippen molar-refractivity contribution in [1.29, 1.82) is 0 Å². The van der Waals surface area contributed by atoms with Crippen molar-refractivity contribution in [2.45, 2.75) is 6.04 Å². The number of phenols is 1. The molecule has 1 atom stereocenters. The zero-order chi connectivity index (χ0) is 10.3. The van der Waals surface area contributed by atoms with E-state index < -0.39 is 5.97 Å². The fraction of sp³-hybridized carbons (Fsp3) is 0.222. The Hall–Kier alpha value is -1.75. The molecule has 1 aromatic rings. The molecule has 2 rings (SSSR count). The fourth-order valence-electron chi connectivity index (χ4n) is 1.49. The van der Waals surface area contributed by atoms with Crippen molar-refractivity contribution in [3.63, 3.8) is 0 Å². The summed E-state index contributed by atoms with van der Waals surface area (Å²) in [6.45, 7) is 0.270. The van der Waals surface area contributed by atoms with Gasteiger partial charge in [0.05, 0.1) is 17.2 Å². The standard InChI is InChI=1S/C9H9NO4/c10-5-3-14-7-2-4(9(12)13)1-6(11)8(5)7/h1-2,5,11H,3,10H2,(H,12,13). The molecule has 1 aliphatic rings. The Balaban J connectivity index is 2.57. The van der Waals surface area contributed by atoms with Crippen molar-refractivity contribution in [2.24, 2.45) is 5.73 Å². The Kier molecular flexibility index (Phi) is 1.82. The quantitative estimate of drug-likeness (QED) is 0.606. The summed E-state index contributed by atoms with van der Waals surface area (Å²) in [7, 11) is 0. The zero-order valence-electron chi connectivity index (χ0n) is 7.23. The molecule has 0 aromatic heterocycles. The molecule has 14 heavy (non-hydrogen) atoms. The number of aromatic carboxylic acids is 1. The van der Waals surface area contributed by atoms with Gasteiger partial charge in [0.2, 0.25) is 0 Å². The van der Waals surface area contributed by atoms with Gasteiger partial charge in [0, 0.05) is 0 Å². The van der Waals surface area contributed by atoms with Crippen LogP contribution >= 0.6 is 0 Å². The van der Waals surface area contributed by atoms with Crippen molar-refractivity contribution >= 4 is 5.97 Å². The fourth-order valence-corrected chi connectivity index (χ4v) is 1.49. The van der Waals surface area contributed by atoms with Crippen LogP contribution in [0.4, 0.5) is 0 Å². The average molecular weight is 195 g/mol. The van der Waals surface area contributed by atoms with Crippen LogP contribution in [0.5, 0.6) is 11.5 Å². The maximum atomic E-state index is 10.6. The predicted molar refractivity (Wildman–Crippen MR) is 47.5 cm³/mol. The van der Waals surface area contributed by atoms with Gasteiger partial charge in [0.1, 0.15) is 18.1 Å². The summed E-state index contributed by atoms with van der Waals surface area (Å²) in [5.74, 6) is -0.869. The number of fused-ring (bicyclic) bond motifs is 1. The predicted octanol–water partition coefficient (Wildman–Crippen LogP) is 0.483. The average Bonchev–Trinajstić information content (AvgIpc) is 2.48. The Morgan fingerprint density at radius 2 is 2.29 bits per heavy atom. The van der Waals surface area contributed by atoms with Crippen LogP contribution in [0, 0.1) is 0 Å². The Labute approximate surface area is 79.7 Å². The normalized spacial score (nSPS) is 18.8. The molecule has 0 aliphatic carbocycles. The van der Waals surface area contributed by atoms with Gasteiger partial charge in [0.15, 0.2) is 0 Å². The second kappa shape index (κ2) is 2.88. The molecular weight excluding hydrogens is 186 g/mol. The first-order chi connectivity index (χ1) is 6.59. The number of hydrogen-bond acceptors (Lipinski definition) is 4. The lowest BCUT2D eigenvalue weighted by molar-refractivity contribution is 0.0696. The van der Waals surface area contributed by atoms with Crippen molar-refractivity contribution in [1.82, 2.24) is 0 Å². The van der Waals surface area contributed by atoms with Gasteiger partial charge in [-0.2, -0.15) is 0 Å². The topological polar surface area (TPSA) is 92.8 Å². The summed E-state index contributed by atoms with van der Waals surface area (Å²) in [6, 6.07) is 2.16. The SMILES string of the molecule is NC1COc2cc(C(=O)O)cc(O)c21. The molecular formula is C9H9NO4. The first-order valence-electron chi connectivity index (χ1n) is 4.08. The van der Waals surface area contributed by atoms with Gasteiger partial charge in [-0.3, -0.25) is 0 Å². The van der Waals surface area contributed by atoms with Crippen molar-refractivity contribution in [2.75, 3.05) is 6.61 Å². The molecule has 1 aliphatic heterocycles. The highest BCUT2D eigenvalue weighted by Crippen LogP contribution is 2.38. The van der Waals surface area contributed by atoms with E-state index in [0.29, 0.717) is 11.3 Å². The number of carboxylic acid groups (broad SMARTS) is 1. The largest absolute Gasteiger partial charge is 0.507 e. The summed E-state index contributed by atoms with van der Waals surface area (Å²) in [6.07, 6.45) is 0. The van der Waals surface area contributed by atoms with Gasteiger partial charge in [-0.1, -0.05) is 0 Å². The lowest BCUT2D eigenvalue weighted by Gasteiger charge is -2.05. The molecule has 4 N–H and O–H groups in total. The number of carbonyl (C=O) groups is 1. The van der Waals surface area contributed by atoms with E-state index >= 15 is 0 Å². The minimum atomic E-state index is -1.10. The molecule has 1 heterocycles. The van der Waals surface area contributed by atoms with Gasteiger partial charge in [-0.05, 0) is 12.1 Å². The number of carboxylic acids is 1. The van der Waals surface area contributed by atoms with E-state index in [1.165, 1.54) is 12.1 Å². The van der Waals surface area contributed by atoms with Crippen LogP contribution in [-0.2, 0) is 0 Å². The van der Waals surface area contributed by atoms with Crippen molar-refractivity contribution in [3.8, 4) is 11.5 Å². The molecule has 5 nitrogen and oxygen atoms in total. The minimum Gasteiger partial charge on any atom is -0.507 e. The molecule has 1 aromatic carbocycles. The summed E-state index contributed by atoms with van der Waals surface area (Å²) in [4.78, 5) is 10.6. The smallest absolute Gasteiger partial charge is 0.335 e. The van der Waals surface area contributed by atoms with Gasteiger partial charge >= 0.3 is 5.97 Å². The highest BCUT2D eigenvalue weighted by Gasteiger charge is 2.26. The molecule has 1 unspecified atom stereocenters. The molecule has 0 bridgehead atoms. The molecule has 0 amide bonds. The number of phenolic OH excluding ortho intramolecular Hbond substituents is 1. The monoisotopic (exact) mass is 195 g/mol. The van der Waals surface area contributed by atoms with Gasteiger partial charge in [-0.15, -0.1) is 0 Å². The van der Waals surface area contributed by atoms with E-state index in [-0.39, 0.29) is 24.0 Å². The van der Waals surface area contributed by atoms with Crippen LogP contribution in [0.1, 0.15) is 22.0 Å². The summed E-state index contributed by atoms with van der Waals surface area (Å²) >= 11 is 0. The number of nitrogens with two attached hydrogens (primary N) is 1. The molecule has 0 saturated carbocycles. The summed E-state index contributed by atoms with van der Waals surface area (Å²) < 4.78 is 5.13. The summed E-state index contributed by atoms with van der Waals surface area (Å²) in [5, 5.41) is 18.2. The molecule has 5 heteroatoms. The lowest BCUT2D eigenvalue weighted by atomic mass is 10.1. The van der Waals surface area contributed by atoms with Gasteiger partial charge < -0.3 is 20.7 Å². The van der Waals surface area contributed by atoms with E-state index in [9.17, 15) is 9.90 Å². The molecule has 0 saturated heterocycles. The van der Waals surface area contributed by atoms with Crippen molar-refractivity contribution < 1.29 is 19.7 Å². The lowest BCUT2D eigenvalue weighted by Crippen LogP contribution is -2.11. The second-order valence-electron chi connectivity index (χ2n) is 3.13. The summed E-state index contributed by atoms with van der Waals surface area (Å²) in [5.41, 5.74) is 6.12. The highest BCUT2D eigenvalue weighted by atomic mass is 16.5. The van der Waals surface area contributed by atoms with E-state index in [1.807, 2.05) is 0 Å². The van der Waals surface area contributed by atoms with Crippen LogP contribution in [-0.4, -0.2) is 22.8 Å². The molecule has 0 radical (unpaired) electrons. The van der Waals surface area contributed by atoms with Crippen LogP contribution in [0.2, 0.25) is 0 Å². The highest BCUT2D eigenvalue weighted by molar-refractivity contribution is 5.89. The van der Waals surface area contributed by atoms with Gasteiger partial charge in [-0.25, -0.2) is 4.79 Å². The molecule has 0 spiro atoms. The minimum absolute atomic E-state index is 0.00431. The zero-order valence-corrected chi connectivity index (χ0v) is 7.23. The van der Waals surface area contributed by atoms with Crippen LogP contribution in [0.15, 0.2) is 12.1 Å². The van der Waals surface area contributed by atoms with Crippen LogP contribution < -0.4 is 10.5 Å². The second-order valence-corrected chi connectivity index (χ2v) is 3.13. The Morgan fingerprint density at radius 3 is 2.93 bits per heavy atom. The third-order valence-electron chi connectivity index (χ3n) is 2.16. The number of benzene rings is 1. The van der Waals surface area contributed by atoms with E-state index in [2.05, 4.69) is 0 Å². The first kappa shape index (κ1) is 8.83. The molecule has 74 valence electrons. The van der Waals surface area contributed by atoms with Crippen LogP contribution in [0.25, 0.3) is 0 Å². The Bertz CT molecular complexity index is 402. The maximum absolute atomic E-state index is 10.6. The third-order valence-corrected chi connectivity index (χ3v) is 2.16.